The molecule has 0 saturated carbocycles. The van der Waals surface area contributed by atoms with Crippen molar-refractivity contribution < 1.29 is 0 Å². The second-order valence-corrected chi connectivity index (χ2v) is 5.30. The summed E-state index contributed by atoms with van der Waals surface area (Å²) in [5, 5.41) is 13.9. The average Bonchev–Trinajstić information content (AvgIpc) is 2.99. The van der Waals surface area contributed by atoms with Gasteiger partial charge in [0, 0.05) is 11.4 Å². The van der Waals surface area contributed by atoms with Crippen molar-refractivity contribution in [3.05, 3.63) is 57.8 Å². The van der Waals surface area contributed by atoms with Gasteiger partial charge in [0.05, 0.1) is 18.2 Å². The maximum Gasteiger partial charge on any atom is 0.188 e. The van der Waals surface area contributed by atoms with Crippen LogP contribution in [-0.2, 0) is 13.0 Å². The second kappa shape index (κ2) is 9.37. The molecule has 21 heavy (non-hydrogen) atoms. The van der Waals surface area contributed by atoms with Crippen LogP contribution in [-0.4, -0.2) is 12.5 Å². The first-order valence-electron chi connectivity index (χ1n) is 6.33. The van der Waals surface area contributed by atoms with Crippen LogP contribution in [0, 0.1) is 11.3 Å². The van der Waals surface area contributed by atoms with Gasteiger partial charge in [0.1, 0.15) is 0 Å². The molecule has 6 heteroatoms. The quantitative estimate of drug-likeness (QED) is 0.451. The topological polar surface area (TPSA) is 74.2 Å². The number of benzene rings is 1. The number of nitrogens with two attached hydrogens (primary N) is 1. The van der Waals surface area contributed by atoms with E-state index in [1.54, 1.807) is 23.5 Å². The summed E-state index contributed by atoms with van der Waals surface area (Å²) < 4.78 is 0. The minimum absolute atomic E-state index is 0. The van der Waals surface area contributed by atoms with Gasteiger partial charge in [-0.15, -0.1) is 35.3 Å². The van der Waals surface area contributed by atoms with Crippen molar-refractivity contribution in [2.24, 2.45) is 10.7 Å². The summed E-state index contributed by atoms with van der Waals surface area (Å²) in [6.07, 6.45) is 0.949. The minimum Gasteiger partial charge on any atom is -0.370 e. The largest absolute Gasteiger partial charge is 0.370 e. The first kappa shape index (κ1) is 17.5. The lowest BCUT2D eigenvalue weighted by Gasteiger charge is -2.04. The molecule has 0 amide bonds. The van der Waals surface area contributed by atoms with Gasteiger partial charge in [-0.05, 0) is 35.6 Å². The van der Waals surface area contributed by atoms with Crippen LogP contribution in [0.3, 0.4) is 0 Å². The van der Waals surface area contributed by atoms with Crippen LogP contribution in [0.2, 0.25) is 0 Å². The average molecular weight is 412 g/mol. The Balaban J connectivity index is 0.00000220. The van der Waals surface area contributed by atoms with Crippen LogP contribution in [0.5, 0.6) is 0 Å². The van der Waals surface area contributed by atoms with Crippen LogP contribution >= 0.6 is 35.3 Å². The first-order valence-corrected chi connectivity index (χ1v) is 7.21. The Kier molecular flexibility index (Phi) is 7.79. The molecule has 2 aromatic rings. The molecule has 1 heterocycles. The third-order valence-corrected chi connectivity index (χ3v) is 3.71. The molecule has 0 saturated heterocycles. The fourth-order valence-corrected chi connectivity index (χ4v) is 2.39. The molecule has 3 N–H and O–H groups in total. The lowest BCUT2D eigenvalue weighted by atomic mass is 10.1. The molecule has 0 spiro atoms. The van der Waals surface area contributed by atoms with E-state index in [-0.39, 0.29) is 24.0 Å². The number of halogens is 1. The van der Waals surface area contributed by atoms with Gasteiger partial charge >= 0.3 is 0 Å². The van der Waals surface area contributed by atoms with Crippen molar-refractivity contribution in [1.29, 1.82) is 5.26 Å². The number of guanidine groups is 1. The molecule has 0 bridgehead atoms. The summed E-state index contributed by atoms with van der Waals surface area (Å²) in [5.41, 5.74) is 7.49. The van der Waals surface area contributed by atoms with E-state index >= 15 is 0 Å². The summed E-state index contributed by atoms with van der Waals surface area (Å²) >= 11 is 1.74. The van der Waals surface area contributed by atoms with Crippen molar-refractivity contribution in [3.8, 4) is 6.07 Å². The molecule has 1 aromatic carbocycles. The fourth-order valence-electron chi connectivity index (χ4n) is 1.69. The van der Waals surface area contributed by atoms with Crippen LogP contribution in [0.4, 0.5) is 0 Å². The summed E-state index contributed by atoms with van der Waals surface area (Å²) in [4.78, 5) is 5.60. The van der Waals surface area contributed by atoms with E-state index in [1.165, 1.54) is 4.88 Å². The highest BCUT2D eigenvalue weighted by Gasteiger charge is 1.96. The molecular formula is C15H17IN4S. The highest BCUT2D eigenvalue weighted by molar-refractivity contribution is 14.0. The maximum absolute atomic E-state index is 8.72. The molecular weight excluding hydrogens is 395 g/mol. The van der Waals surface area contributed by atoms with E-state index in [1.807, 2.05) is 18.2 Å². The van der Waals surface area contributed by atoms with Gasteiger partial charge in [0.25, 0.3) is 0 Å². The van der Waals surface area contributed by atoms with Gasteiger partial charge in [-0.1, -0.05) is 18.2 Å². The number of nitrogens with one attached hydrogen (secondary N) is 1. The molecule has 0 unspecified atom stereocenters. The third kappa shape index (κ3) is 6.14. The van der Waals surface area contributed by atoms with E-state index in [2.05, 4.69) is 27.8 Å². The maximum atomic E-state index is 8.72. The Morgan fingerprint density at radius 2 is 2.05 bits per heavy atom. The highest BCUT2D eigenvalue weighted by atomic mass is 127. The molecule has 0 atom stereocenters. The molecule has 1 aromatic heterocycles. The number of nitrogens with zero attached hydrogens (tertiary/aromatic N) is 2. The summed E-state index contributed by atoms with van der Waals surface area (Å²) in [6.45, 7) is 1.30. The number of thiophene rings is 1. The van der Waals surface area contributed by atoms with Gasteiger partial charge in [-0.3, -0.25) is 0 Å². The van der Waals surface area contributed by atoms with Crippen LogP contribution in [0.1, 0.15) is 16.0 Å². The number of nitriles is 1. The van der Waals surface area contributed by atoms with E-state index in [4.69, 9.17) is 11.0 Å². The first-order chi connectivity index (χ1) is 9.78. The zero-order valence-electron chi connectivity index (χ0n) is 11.5. The van der Waals surface area contributed by atoms with Gasteiger partial charge < -0.3 is 11.1 Å². The Morgan fingerprint density at radius 1 is 1.29 bits per heavy atom. The molecule has 0 aliphatic rings. The van der Waals surface area contributed by atoms with Crippen LogP contribution in [0.15, 0.2) is 46.8 Å². The summed E-state index contributed by atoms with van der Waals surface area (Å²) in [6, 6.07) is 13.6. The van der Waals surface area contributed by atoms with Gasteiger partial charge in [-0.2, -0.15) is 5.26 Å². The van der Waals surface area contributed by atoms with Crippen molar-refractivity contribution in [3.63, 3.8) is 0 Å². The predicted octanol–water partition coefficient (Wildman–Crippen LogP) is 2.88. The Bertz CT molecular complexity index is 600. The molecule has 0 radical (unpaired) electrons. The minimum atomic E-state index is 0. The monoisotopic (exact) mass is 412 g/mol. The number of aliphatic imine (C=N–C) groups is 1. The van der Waals surface area contributed by atoms with Crippen molar-refractivity contribution >= 4 is 41.3 Å². The second-order valence-electron chi connectivity index (χ2n) is 4.27. The Labute approximate surface area is 145 Å². The molecule has 0 aliphatic carbocycles. The number of hydrogen-bond donors (Lipinski definition) is 2. The third-order valence-electron chi connectivity index (χ3n) is 2.77. The van der Waals surface area contributed by atoms with Gasteiger partial charge in [-0.25, -0.2) is 4.99 Å². The highest BCUT2D eigenvalue weighted by Crippen LogP contribution is 2.08. The normalized spacial score (nSPS) is 10.5. The van der Waals surface area contributed by atoms with E-state index < -0.39 is 0 Å². The smallest absolute Gasteiger partial charge is 0.188 e. The molecule has 2 rings (SSSR count). The fraction of sp³-hybridized carbons (Fsp3) is 0.200. The van der Waals surface area contributed by atoms with Crippen LogP contribution in [0.25, 0.3) is 0 Å². The van der Waals surface area contributed by atoms with Crippen molar-refractivity contribution in [1.82, 2.24) is 5.32 Å². The number of rotatable bonds is 5. The van der Waals surface area contributed by atoms with Crippen molar-refractivity contribution in [2.75, 3.05) is 6.54 Å². The standard InChI is InChI=1S/C15H16N4S.HI/c16-10-12-3-5-13(6-4-12)11-19-15(17)18-8-7-14-2-1-9-20-14;/h1-6,9H,7-8,11H2,(H3,17,18,19);1H. The van der Waals surface area contributed by atoms with Gasteiger partial charge in [0.15, 0.2) is 5.96 Å². The predicted molar refractivity (Wildman–Crippen MR) is 97.9 cm³/mol. The molecule has 0 fully saturated rings. The SMILES string of the molecule is I.N#Cc1ccc(CN=C(N)NCCc2cccs2)cc1. The zero-order chi connectivity index (χ0) is 14.2. The number of hydrogen-bond acceptors (Lipinski definition) is 3. The van der Waals surface area contributed by atoms with Crippen molar-refractivity contribution in [2.45, 2.75) is 13.0 Å². The van der Waals surface area contributed by atoms with E-state index in [0.29, 0.717) is 18.1 Å². The van der Waals surface area contributed by atoms with Crippen LogP contribution < -0.4 is 11.1 Å². The summed E-state index contributed by atoms with van der Waals surface area (Å²) in [5.74, 6) is 0.450. The molecule has 4 nitrogen and oxygen atoms in total. The lowest BCUT2D eigenvalue weighted by molar-refractivity contribution is 0.857. The Morgan fingerprint density at radius 3 is 2.67 bits per heavy atom. The Hall–Kier alpha value is -1.59. The van der Waals surface area contributed by atoms with Gasteiger partial charge in [0.2, 0.25) is 0 Å². The molecule has 0 aliphatic heterocycles. The zero-order valence-corrected chi connectivity index (χ0v) is 14.6. The van der Waals surface area contributed by atoms with E-state index in [9.17, 15) is 0 Å². The van der Waals surface area contributed by atoms with E-state index in [0.717, 1.165) is 18.5 Å². The molecule has 110 valence electrons. The summed E-state index contributed by atoms with van der Waals surface area (Å²) in [7, 11) is 0. The lowest BCUT2D eigenvalue weighted by Crippen LogP contribution is -2.33.